The van der Waals surface area contributed by atoms with E-state index in [2.05, 4.69) is 28.6 Å². The van der Waals surface area contributed by atoms with Gasteiger partial charge in [-0.05, 0) is 30.2 Å². The molecular formula is C16H15N3O3S. The minimum atomic E-state index is -0.356. The first kappa shape index (κ1) is 15.2. The maximum Gasteiger partial charge on any atom is 0.254 e. The van der Waals surface area contributed by atoms with Crippen molar-refractivity contribution in [2.75, 3.05) is 11.9 Å². The monoisotopic (exact) mass is 329 g/mol. The van der Waals surface area contributed by atoms with Crippen LogP contribution in [-0.4, -0.2) is 23.3 Å². The zero-order chi connectivity index (χ0) is 16.2. The molecule has 0 saturated carbocycles. The quantitative estimate of drug-likeness (QED) is 0.754. The SMILES string of the molecule is CCc1ccc2nc(NC(=O)CNC(=O)c3ccoc3)sc2c1. The number of furan rings is 1. The summed E-state index contributed by atoms with van der Waals surface area (Å²) >= 11 is 1.42. The van der Waals surface area contributed by atoms with Crippen LogP contribution in [0.15, 0.2) is 41.2 Å². The first-order chi connectivity index (χ1) is 11.2. The van der Waals surface area contributed by atoms with Gasteiger partial charge in [-0.1, -0.05) is 24.3 Å². The summed E-state index contributed by atoms with van der Waals surface area (Å²) in [7, 11) is 0. The average molecular weight is 329 g/mol. The fraction of sp³-hybridized carbons (Fsp3) is 0.188. The molecule has 0 bridgehead atoms. The van der Waals surface area contributed by atoms with E-state index in [1.54, 1.807) is 0 Å². The number of benzene rings is 1. The van der Waals surface area contributed by atoms with Crippen LogP contribution in [0, 0.1) is 0 Å². The largest absolute Gasteiger partial charge is 0.472 e. The van der Waals surface area contributed by atoms with Gasteiger partial charge in [-0.25, -0.2) is 4.98 Å². The third-order valence-electron chi connectivity index (χ3n) is 3.30. The second-order valence-electron chi connectivity index (χ2n) is 4.92. The minimum absolute atomic E-state index is 0.125. The molecule has 2 heterocycles. The molecule has 23 heavy (non-hydrogen) atoms. The molecule has 0 aliphatic rings. The van der Waals surface area contributed by atoms with Crippen LogP contribution in [0.5, 0.6) is 0 Å². The van der Waals surface area contributed by atoms with E-state index in [-0.39, 0.29) is 18.4 Å². The predicted molar refractivity (Wildman–Crippen MR) is 88.7 cm³/mol. The van der Waals surface area contributed by atoms with Gasteiger partial charge in [0.05, 0.1) is 28.6 Å². The van der Waals surface area contributed by atoms with Gasteiger partial charge in [-0.2, -0.15) is 0 Å². The number of amides is 2. The maximum atomic E-state index is 11.9. The van der Waals surface area contributed by atoms with Crippen LogP contribution in [0.3, 0.4) is 0 Å². The fourth-order valence-electron chi connectivity index (χ4n) is 2.06. The highest BCUT2D eigenvalue weighted by molar-refractivity contribution is 7.22. The Hall–Kier alpha value is -2.67. The number of aryl methyl sites for hydroxylation is 1. The summed E-state index contributed by atoms with van der Waals surface area (Å²) in [5.74, 6) is -0.678. The number of anilines is 1. The molecule has 2 amide bonds. The third kappa shape index (κ3) is 3.57. The Kier molecular flexibility index (Phi) is 4.38. The molecule has 2 aromatic heterocycles. The lowest BCUT2D eigenvalue weighted by Crippen LogP contribution is -2.32. The highest BCUT2D eigenvalue weighted by Gasteiger charge is 2.11. The number of carbonyl (C=O) groups excluding carboxylic acids is 2. The summed E-state index contributed by atoms with van der Waals surface area (Å²) < 4.78 is 5.85. The van der Waals surface area contributed by atoms with Crippen LogP contribution in [-0.2, 0) is 11.2 Å². The lowest BCUT2D eigenvalue weighted by molar-refractivity contribution is -0.115. The number of fused-ring (bicyclic) bond motifs is 1. The first-order valence-corrected chi connectivity index (χ1v) is 7.97. The molecule has 0 atom stereocenters. The van der Waals surface area contributed by atoms with Crippen molar-refractivity contribution < 1.29 is 14.0 Å². The lowest BCUT2D eigenvalue weighted by atomic mass is 10.2. The van der Waals surface area contributed by atoms with E-state index in [0.29, 0.717) is 10.7 Å². The molecule has 0 saturated heterocycles. The van der Waals surface area contributed by atoms with E-state index >= 15 is 0 Å². The molecule has 118 valence electrons. The molecule has 0 aliphatic carbocycles. The fourth-order valence-corrected chi connectivity index (χ4v) is 3.01. The summed E-state index contributed by atoms with van der Waals surface area (Å²) in [4.78, 5) is 28.0. The summed E-state index contributed by atoms with van der Waals surface area (Å²) in [6, 6.07) is 7.58. The number of thiazole rings is 1. The molecule has 0 unspecified atom stereocenters. The van der Waals surface area contributed by atoms with Gasteiger partial charge < -0.3 is 15.1 Å². The van der Waals surface area contributed by atoms with Gasteiger partial charge in [0.2, 0.25) is 5.91 Å². The average Bonchev–Trinajstić information content (AvgIpc) is 3.20. The third-order valence-corrected chi connectivity index (χ3v) is 4.23. The molecule has 3 rings (SSSR count). The van der Waals surface area contributed by atoms with Crippen molar-refractivity contribution in [2.45, 2.75) is 13.3 Å². The molecule has 0 radical (unpaired) electrons. The van der Waals surface area contributed by atoms with E-state index in [9.17, 15) is 9.59 Å². The standard InChI is InChI=1S/C16H15N3O3S/c1-2-10-3-4-12-13(7-10)23-16(18-12)19-14(20)8-17-15(21)11-5-6-22-9-11/h3-7,9H,2,8H2,1H3,(H,17,21)(H,18,19,20). The smallest absolute Gasteiger partial charge is 0.254 e. The van der Waals surface area contributed by atoms with Crippen LogP contribution in [0.2, 0.25) is 0 Å². The topological polar surface area (TPSA) is 84.2 Å². The Morgan fingerprint density at radius 2 is 2.17 bits per heavy atom. The minimum Gasteiger partial charge on any atom is -0.472 e. The highest BCUT2D eigenvalue weighted by atomic mass is 32.1. The van der Waals surface area contributed by atoms with Crippen LogP contribution in [0.1, 0.15) is 22.8 Å². The van der Waals surface area contributed by atoms with Gasteiger partial charge in [0, 0.05) is 0 Å². The zero-order valence-corrected chi connectivity index (χ0v) is 13.3. The van der Waals surface area contributed by atoms with Crippen LogP contribution in [0.4, 0.5) is 5.13 Å². The molecule has 3 aromatic rings. The summed E-state index contributed by atoms with van der Waals surface area (Å²) in [6.07, 6.45) is 3.68. The molecule has 6 nitrogen and oxygen atoms in total. The number of rotatable bonds is 5. The van der Waals surface area contributed by atoms with Gasteiger partial charge in [-0.3, -0.25) is 9.59 Å². The maximum absolute atomic E-state index is 11.9. The summed E-state index contributed by atoms with van der Waals surface area (Å²) in [6.45, 7) is 1.97. The highest BCUT2D eigenvalue weighted by Crippen LogP contribution is 2.26. The second-order valence-corrected chi connectivity index (χ2v) is 5.95. The Labute approximate surface area is 136 Å². The molecule has 2 N–H and O–H groups in total. The van der Waals surface area contributed by atoms with Crippen LogP contribution in [0.25, 0.3) is 10.2 Å². The molecular weight excluding hydrogens is 314 g/mol. The Balaban J connectivity index is 1.60. The van der Waals surface area contributed by atoms with E-state index in [0.717, 1.165) is 16.6 Å². The van der Waals surface area contributed by atoms with E-state index in [1.165, 1.54) is 35.5 Å². The van der Waals surface area contributed by atoms with Crippen molar-refractivity contribution in [1.29, 1.82) is 0 Å². The Bertz CT molecular complexity index is 840. The zero-order valence-electron chi connectivity index (χ0n) is 12.5. The molecule has 0 fully saturated rings. The van der Waals surface area contributed by atoms with Crippen molar-refractivity contribution in [3.8, 4) is 0 Å². The number of hydrogen-bond donors (Lipinski definition) is 2. The molecule has 1 aromatic carbocycles. The number of nitrogens with zero attached hydrogens (tertiary/aromatic N) is 1. The normalized spacial score (nSPS) is 10.7. The number of carbonyl (C=O) groups is 2. The van der Waals surface area contributed by atoms with Crippen molar-refractivity contribution in [3.63, 3.8) is 0 Å². The van der Waals surface area contributed by atoms with Gasteiger partial charge in [0.15, 0.2) is 5.13 Å². The van der Waals surface area contributed by atoms with E-state index < -0.39 is 0 Å². The van der Waals surface area contributed by atoms with Crippen LogP contribution < -0.4 is 10.6 Å². The van der Waals surface area contributed by atoms with Gasteiger partial charge in [-0.15, -0.1) is 0 Å². The van der Waals surface area contributed by atoms with Gasteiger partial charge >= 0.3 is 0 Å². The van der Waals surface area contributed by atoms with E-state index in [4.69, 9.17) is 4.42 Å². The van der Waals surface area contributed by atoms with Gasteiger partial charge in [0.1, 0.15) is 6.26 Å². The summed E-state index contributed by atoms with van der Waals surface area (Å²) in [5, 5.41) is 5.75. The predicted octanol–water partition coefficient (Wildman–Crippen LogP) is 2.82. The lowest BCUT2D eigenvalue weighted by Gasteiger charge is -2.03. The molecule has 7 heteroatoms. The molecule has 0 spiro atoms. The van der Waals surface area contributed by atoms with Crippen molar-refractivity contribution in [3.05, 3.63) is 47.9 Å². The van der Waals surface area contributed by atoms with Gasteiger partial charge in [0.25, 0.3) is 5.91 Å². The second kappa shape index (κ2) is 6.62. The van der Waals surface area contributed by atoms with Crippen molar-refractivity contribution >= 4 is 38.5 Å². The van der Waals surface area contributed by atoms with Crippen molar-refractivity contribution in [1.82, 2.24) is 10.3 Å². The molecule has 0 aliphatic heterocycles. The number of aromatic nitrogens is 1. The first-order valence-electron chi connectivity index (χ1n) is 7.15. The number of hydrogen-bond acceptors (Lipinski definition) is 5. The van der Waals surface area contributed by atoms with Crippen LogP contribution >= 0.6 is 11.3 Å². The Morgan fingerprint density at radius 1 is 1.30 bits per heavy atom. The van der Waals surface area contributed by atoms with E-state index in [1.807, 2.05) is 12.1 Å². The summed E-state index contributed by atoms with van der Waals surface area (Å²) in [5.41, 5.74) is 2.46. The van der Waals surface area contributed by atoms with Crippen molar-refractivity contribution in [2.24, 2.45) is 0 Å². The number of nitrogens with one attached hydrogen (secondary N) is 2. The Morgan fingerprint density at radius 3 is 2.91 bits per heavy atom.